The van der Waals surface area contributed by atoms with Gasteiger partial charge in [0.05, 0.1) is 28.3 Å². The molecule has 0 saturated heterocycles. The SMILES string of the molecule is CC.CC.CC.CC.CC.CC.CC.Cc1cc(C)c2ccccc2n1.Cc1cc(C)ncn1.Cc1cc2ccccc2c(C)n1.Cc1ccnc(C)n1.Cc1ccnc(C)n1.Cc1cnc(C)cn1.Cc1cncc(C)n1.Cc1nc(C)nc(C)n1. The molecule has 0 saturated carbocycles. The Kier molecular flexibility index (Phi) is 57.1. The number of rotatable bonds is 0. The maximum absolute atomic E-state index is 4.44. The highest BCUT2D eigenvalue weighted by Gasteiger charge is 1.99. The van der Waals surface area contributed by atoms with E-state index in [0.717, 1.165) is 97.3 Å². The molecule has 8 aromatic heterocycles. The Labute approximate surface area is 528 Å². The summed E-state index contributed by atoms with van der Waals surface area (Å²) in [5.74, 6) is 4.05. The summed E-state index contributed by atoms with van der Waals surface area (Å²) in [4.78, 5) is 60.8. The van der Waals surface area contributed by atoms with Gasteiger partial charge in [0.15, 0.2) is 0 Å². The smallest absolute Gasteiger partial charge is 0.129 e. The first-order valence-corrected chi connectivity index (χ1v) is 30.8. The number of benzene rings is 2. The van der Waals surface area contributed by atoms with E-state index in [4.69, 9.17) is 0 Å². The van der Waals surface area contributed by atoms with Gasteiger partial charge in [-0.2, -0.15) is 0 Å². The largest absolute Gasteiger partial charge is 0.261 e. The number of hydrogen-bond acceptors (Lipinski definition) is 15. The van der Waals surface area contributed by atoms with Crippen LogP contribution in [0, 0.1) is 118 Å². The number of para-hydroxylation sites is 1. The van der Waals surface area contributed by atoms with Gasteiger partial charge in [0.25, 0.3) is 0 Å². The lowest BCUT2D eigenvalue weighted by Crippen LogP contribution is -1.97. The molecule has 10 rings (SSSR count). The number of pyridine rings is 2. The van der Waals surface area contributed by atoms with Crippen LogP contribution < -0.4 is 0 Å². The fraction of sp³-hybridized carbons (Fsp3) is 0.431. The standard InChI is InChI=1S/2C11H11N.C6H9N3.5C6H8N2.7C2H6/c1-8-7-10-5-3-4-6-11(10)9(2)12-8;1-8-7-9(2)12-11-6-4-3-5-10(8)11;1-4-7-5(2)9-6(3)8-4;1-5-3-8-6(2)4-7-5;1-5-3-7-4-6(2)8-5;1-5-3-6(2)8-4-7-5;2*1-5-3-4-7-6(2)8-5;7*1-2/h2*3-7H,1-2H3;1-3H3;5*3-4H,1-2H3;7*1-2H3. The third-order valence-electron chi connectivity index (χ3n) is 9.64. The molecular formula is C72H113N15. The highest BCUT2D eigenvalue weighted by molar-refractivity contribution is 5.84. The number of aromatic nitrogens is 15. The van der Waals surface area contributed by atoms with E-state index in [0.29, 0.717) is 0 Å². The van der Waals surface area contributed by atoms with Crippen molar-refractivity contribution < 1.29 is 0 Å². The molecular weight excluding hydrogens is 1070 g/mol. The van der Waals surface area contributed by atoms with Crippen LogP contribution in [0.4, 0.5) is 0 Å². The minimum absolute atomic E-state index is 0.792. The fourth-order valence-corrected chi connectivity index (χ4v) is 6.61. The minimum Gasteiger partial charge on any atom is -0.261 e. The van der Waals surface area contributed by atoms with Gasteiger partial charge in [-0.25, -0.2) is 44.9 Å². The average molecular weight is 1190 g/mol. The molecule has 8 heterocycles. The van der Waals surface area contributed by atoms with Crippen LogP contribution in [0.3, 0.4) is 0 Å². The molecule has 0 atom stereocenters. The van der Waals surface area contributed by atoms with Gasteiger partial charge >= 0.3 is 0 Å². The van der Waals surface area contributed by atoms with Crippen LogP contribution in [0.2, 0.25) is 0 Å². The molecule has 0 radical (unpaired) electrons. The summed E-state index contributed by atoms with van der Waals surface area (Å²) in [6, 6.07) is 26.5. The summed E-state index contributed by atoms with van der Waals surface area (Å²) in [6.07, 6.45) is 12.1. The van der Waals surface area contributed by atoms with Crippen molar-refractivity contribution >= 4 is 21.7 Å². The number of nitrogens with zero attached hydrogens (tertiary/aromatic N) is 15. The lowest BCUT2D eigenvalue weighted by molar-refractivity contribution is 0.875. The fourth-order valence-electron chi connectivity index (χ4n) is 6.61. The predicted octanol–water partition coefficient (Wildman–Crippen LogP) is 19.2. The molecule has 15 nitrogen and oxygen atoms in total. The van der Waals surface area contributed by atoms with Crippen LogP contribution in [-0.4, -0.2) is 74.8 Å². The van der Waals surface area contributed by atoms with Gasteiger partial charge in [-0.15, -0.1) is 0 Å². The van der Waals surface area contributed by atoms with E-state index in [1.807, 2.05) is 237 Å². The number of hydrogen-bond donors (Lipinski definition) is 0. The molecule has 0 aliphatic carbocycles. The van der Waals surface area contributed by atoms with Crippen LogP contribution >= 0.6 is 0 Å². The number of aryl methyl sites for hydroxylation is 17. The second kappa shape index (κ2) is 56.8. The summed E-state index contributed by atoms with van der Waals surface area (Å²) < 4.78 is 0. The third kappa shape index (κ3) is 44.8. The van der Waals surface area contributed by atoms with E-state index in [2.05, 4.69) is 131 Å². The second-order valence-corrected chi connectivity index (χ2v) is 17.0. The van der Waals surface area contributed by atoms with Crippen LogP contribution in [0.1, 0.15) is 194 Å². The lowest BCUT2D eigenvalue weighted by Gasteiger charge is -2.01. The topological polar surface area (TPSA) is 193 Å². The molecule has 0 fully saturated rings. The van der Waals surface area contributed by atoms with Gasteiger partial charge in [-0.05, 0) is 165 Å². The van der Waals surface area contributed by atoms with E-state index in [9.17, 15) is 0 Å². The molecule has 10 aromatic rings. The van der Waals surface area contributed by atoms with Crippen LogP contribution in [-0.2, 0) is 0 Å². The third-order valence-corrected chi connectivity index (χ3v) is 9.64. The van der Waals surface area contributed by atoms with Crippen LogP contribution in [0.25, 0.3) is 21.7 Å². The van der Waals surface area contributed by atoms with Crippen molar-refractivity contribution in [3.63, 3.8) is 0 Å². The Hall–Kier alpha value is -8.33. The van der Waals surface area contributed by atoms with E-state index in [-0.39, 0.29) is 0 Å². The molecule has 476 valence electrons. The Balaban J connectivity index is -0.000000287. The highest BCUT2D eigenvalue weighted by atomic mass is 15.0. The summed E-state index contributed by atoms with van der Waals surface area (Å²) >= 11 is 0. The van der Waals surface area contributed by atoms with Gasteiger partial charge in [0.2, 0.25) is 0 Å². The van der Waals surface area contributed by atoms with E-state index in [1.54, 1.807) is 43.5 Å². The maximum atomic E-state index is 4.44. The van der Waals surface area contributed by atoms with E-state index < -0.39 is 0 Å². The maximum Gasteiger partial charge on any atom is 0.129 e. The first-order valence-electron chi connectivity index (χ1n) is 30.8. The van der Waals surface area contributed by atoms with Crippen molar-refractivity contribution in [2.75, 3.05) is 0 Å². The van der Waals surface area contributed by atoms with Crippen molar-refractivity contribution in [1.29, 1.82) is 0 Å². The molecule has 0 spiro atoms. The van der Waals surface area contributed by atoms with Crippen molar-refractivity contribution in [3.8, 4) is 0 Å². The molecule has 0 aliphatic heterocycles. The zero-order chi connectivity index (χ0) is 67.9. The van der Waals surface area contributed by atoms with Gasteiger partial charge in [-0.1, -0.05) is 139 Å². The van der Waals surface area contributed by atoms with Gasteiger partial charge in [0.1, 0.15) is 35.4 Å². The zero-order valence-electron chi connectivity index (χ0n) is 59.8. The monoisotopic (exact) mass is 1190 g/mol. The zero-order valence-corrected chi connectivity index (χ0v) is 59.8. The average Bonchev–Trinajstić information content (AvgIpc) is 3.15. The van der Waals surface area contributed by atoms with E-state index in [1.165, 1.54) is 21.7 Å². The van der Waals surface area contributed by atoms with Gasteiger partial charge < -0.3 is 0 Å². The lowest BCUT2D eigenvalue weighted by atomic mass is 10.1. The first kappa shape index (κ1) is 87.4. The van der Waals surface area contributed by atoms with Gasteiger partial charge in [-0.3, -0.25) is 29.9 Å². The predicted molar refractivity (Wildman–Crippen MR) is 373 cm³/mol. The number of fused-ring (bicyclic) bond motifs is 2. The quantitative estimate of drug-likeness (QED) is 0.139. The highest BCUT2D eigenvalue weighted by Crippen LogP contribution is 2.18. The van der Waals surface area contributed by atoms with Crippen molar-refractivity contribution in [2.45, 2.75) is 215 Å². The summed E-state index contributed by atoms with van der Waals surface area (Å²) in [5, 5.41) is 3.79. The normalized spacial score (nSPS) is 8.63. The molecule has 0 unspecified atom stereocenters. The van der Waals surface area contributed by atoms with Crippen molar-refractivity contribution in [2.24, 2.45) is 0 Å². The minimum atomic E-state index is 0.792. The van der Waals surface area contributed by atoms with Crippen LogP contribution in [0.5, 0.6) is 0 Å². The van der Waals surface area contributed by atoms with Crippen molar-refractivity contribution in [1.82, 2.24) is 74.8 Å². The summed E-state index contributed by atoms with van der Waals surface area (Å²) in [5.41, 5.74) is 13.7. The van der Waals surface area contributed by atoms with Gasteiger partial charge in [0, 0.05) is 87.8 Å². The summed E-state index contributed by atoms with van der Waals surface area (Å²) in [7, 11) is 0. The Morgan fingerprint density at radius 3 is 0.989 bits per heavy atom. The molecule has 87 heavy (non-hydrogen) atoms. The van der Waals surface area contributed by atoms with Crippen molar-refractivity contribution in [3.05, 3.63) is 220 Å². The molecule has 2 aromatic carbocycles. The summed E-state index contributed by atoms with van der Waals surface area (Å²) in [6.45, 7) is 61.1. The van der Waals surface area contributed by atoms with Crippen LogP contribution in [0.15, 0.2) is 122 Å². The second-order valence-electron chi connectivity index (χ2n) is 17.0. The Morgan fingerprint density at radius 1 is 0.253 bits per heavy atom. The molecule has 0 aliphatic rings. The molecule has 0 N–H and O–H groups in total. The Morgan fingerprint density at radius 2 is 0.644 bits per heavy atom. The molecule has 0 bridgehead atoms. The molecule has 15 heteroatoms. The van der Waals surface area contributed by atoms with E-state index >= 15 is 0 Å². The Bertz CT molecular complexity index is 2840. The first-order chi connectivity index (χ1) is 41.7. The molecule has 0 amide bonds.